The minimum Gasteiger partial charge on any atom is -0.393 e. The molecule has 4 nitrogen and oxygen atoms in total. The Bertz CT molecular complexity index is 706. The number of halogens is 1. The predicted molar refractivity (Wildman–Crippen MR) is 103 cm³/mol. The van der Waals surface area contributed by atoms with Gasteiger partial charge in [0.15, 0.2) is 0 Å². The number of carbonyl (C=O) groups excluding carboxylic acids is 1. The lowest BCUT2D eigenvalue weighted by Crippen LogP contribution is -2.51. The third kappa shape index (κ3) is 3.19. The third-order valence-electron chi connectivity index (χ3n) is 7.20. The molecule has 1 aromatic carbocycles. The van der Waals surface area contributed by atoms with E-state index in [2.05, 4.69) is 18.7 Å². The lowest BCUT2D eigenvalue weighted by molar-refractivity contribution is -0.136. The Hall–Kier alpha value is -1.46. The summed E-state index contributed by atoms with van der Waals surface area (Å²) < 4.78 is 14.5. The van der Waals surface area contributed by atoms with Crippen LogP contribution >= 0.6 is 0 Å². The Morgan fingerprint density at radius 3 is 2.22 bits per heavy atom. The monoisotopic (exact) mass is 374 g/mol. The summed E-state index contributed by atoms with van der Waals surface area (Å²) in [6.45, 7) is 7.54. The van der Waals surface area contributed by atoms with E-state index in [9.17, 15) is 14.3 Å². The number of nitrogens with zero attached hydrogens (tertiary/aromatic N) is 2. The zero-order chi connectivity index (χ0) is 19.2. The van der Waals surface area contributed by atoms with Crippen molar-refractivity contribution < 1.29 is 14.3 Å². The molecule has 1 amide bonds. The molecule has 1 N–H and O–H groups in total. The van der Waals surface area contributed by atoms with E-state index in [1.807, 2.05) is 11.0 Å². The smallest absolute Gasteiger partial charge is 0.233 e. The van der Waals surface area contributed by atoms with Gasteiger partial charge in [-0.2, -0.15) is 0 Å². The molecule has 0 spiro atoms. The quantitative estimate of drug-likeness (QED) is 0.885. The van der Waals surface area contributed by atoms with Crippen LogP contribution in [0.15, 0.2) is 24.3 Å². The molecule has 1 aliphatic carbocycles. The standard InChI is InChI=1S/C22H31FN2O2/c1-21(2)15-22(21,18-5-3-4-6-19(18)23)20(27)25-11-7-16(8-12-25)24-13-9-17(26)10-14-24/h3-6,16-17,26H,7-15H2,1-2H3/t22-/m1/s1. The molecule has 2 saturated heterocycles. The van der Waals surface area contributed by atoms with Crippen LogP contribution in [-0.4, -0.2) is 59.1 Å². The molecule has 0 unspecified atom stereocenters. The van der Waals surface area contributed by atoms with Crippen molar-refractivity contribution in [3.63, 3.8) is 0 Å². The minimum absolute atomic E-state index is 0.102. The Morgan fingerprint density at radius 2 is 1.67 bits per heavy atom. The lowest BCUT2D eigenvalue weighted by Gasteiger charge is -2.42. The van der Waals surface area contributed by atoms with Crippen LogP contribution < -0.4 is 0 Å². The van der Waals surface area contributed by atoms with E-state index in [0.717, 1.165) is 51.9 Å². The van der Waals surface area contributed by atoms with Crippen molar-refractivity contribution in [3.05, 3.63) is 35.6 Å². The highest BCUT2D eigenvalue weighted by Crippen LogP contribution is 2.65. The fourth-order valence-corrected chi connectivity index (χ4v) is 5.32. The maximum atomic E-state index is 14.5. The summed E-state index contributed by atoms with van der Waals surface area (Å²) in [7, 11) is 0. The van der Waals surface area contributed by atoms with Crippen molar-refractivity contribution in [1.82, 2.24) is 9.80 Å². The highest BCUT2D eigenvalue weighted by molar-refractivity contribution is 5.93. The maximum Gasteiger partial charge on any atom is 0.233 e. The van der Waals surface area contributed by atoms with Gasteiger partial charge >= 0.3 is 0 Å². The summed E-state index contributed by atoms with van der Waals surface area (Å²) in [5.74, 6) is -0.164. The predicted octanol–water partition coefficient (Wildman–Crippen LogP) is 2.94. The molecule has 27 heavy (non-hydrogen) atoms. The van der Waals surface area contributed by atoms with Gasteiger partial charge in [0.25, 0.3) is 0 Å². The van der Waals surface area contributed by atoms with E-state index in [1.54, 1.807) is 12.1 Å². The summed E-state index contributed by atoms with van der Waals surface area (Å²) in [5, 5.41) is 9.71. The van der Waals surface area contributed by atoms with Crippen molar-refractivity contribution >= 4 is 5.91 Å². The van der Waals surface area contributed by atoms with E-state index in [-0.39, 0.29) is 23.2 Å². The number of carbonyl (C=O) groups is 1. The molecule has 3 fully saturated rings. The topological polar surface area (TPSA) is 43.8 Å². The highest BCUT2D eigenvalue weighted by Gasteiger charge is 2.68. The van der Waals surface area contributed by atoms with Crippen LogP contribution in [0.2, 0.25) is 0 Å². The van der Waals surface area contributed by atoms with E-state index < -0.39 is 5.41 Å². The normalized spacial score (nSPS) is 29.7. The first-order chi connectivity index (χ1) is 12.8. The number of likely N-dealkylation sites (tertiary alicyclic amines) is 2. The molecule has 148 valence electrons. The zero-order valence-electron chi connectivity index (χ0n) is 16.5. The first-order valence-corrected chi connectivity index (χ1v) is 10.3. The van der Waals surface area contributed by atoms with Gasteiger partial charge in [0.1, 0.15) is 5.82 Å². The minimum atomic E-state index is -0.708. The average molecular weight is 375 g/mol. The molecule has 2 heterocycles. The summed E-state index contributed by atoms with van der Waals surface area (Å²) in [6.07, 6.45) is 4.20. The van der Waals surface area contributed by atoms with E-state index in [0.29, 0.717) is 18.0 Å². The molecule has 1 saturated carbocycles. The van der Waals surface area contributed by atoms with Crippen molar-refractivity contribution in [2.45, 2.75) is 63.5 Å². The van der Waals surface area contributed by atoms with Crippen LogP contribution in [0.5, 0.6) is 0 Å². The van der Waals surface area contributed by atoms with Crippen molar-refractivity contribution in [1.29, 1.82) is 0 Å². The molecule has 5 heteroatoms. The van der Waals surface area contributed by atoms with Gasteiger partial charge in [-0.1, -0.05) is 32.0 Å². The largest absolute Gasteiger partial charge is 0.393 e. The van der Waals surface area contributed by atoms with Crippen molar-refractivity contribution in [3.8, 4) is 0 Å². The molecule has 2 aliphatic heterocycles. The molecular formula is C22H31FN2O2. The molecule has 1 atom stereocenters. The Labute approximate surface area is 161 Å². The molecule has 0 aromatic heterocycles. The van der Waals surface area contributed by atoms with Gasteiger partial charge in [-0.15, -0.1) is 0 Å². The van der Waals surface area contributed by atoms with Crippen molar-refractivity contribution in [2.75, 3.05) is 26.2 Å². The first-order valence-electron chi connectivity index (χ1n) is 10.3. The number of hydrogen-bond acceptors (Lipinski definition) is 3. The van der Waals surface area contributed by atoms with Crippen LogP contribution in [0.3, 0.4) is 0 Å². The van der Waals surface area contributed by atoms with E-state index in [1.165, 1.54) is 6.07 Å². The Kier molecular flexibility index (Phi) is 4.79. The van der Waals surface area contributed by atoms with Gasteiger partial charge in [-0.25, -0.2) is 4.39 Å². The number of benzene rings is 1. The number of rotatable bonds is 3. The number of hydrogen-bond donors (Lipinski definition) is 1. The zero-order valence-corrected chi connectivity index (χ0v) is 16.5. The second-order valence-corrected chi connectivity index (χ2v) is 9.24. The summed E-state index contributed by atoms with van der Waals surface area (Å²) in [6, 6.07) is 7.27. The summed E-state index contributed by atoms with van der Waals surface area (Å²) in [5.41, 5.74) is -0.348. The molecular weight excluding hydrogens is 343 g/mol. The Morgan fingerprint density at radius 1 is 1.07 bits per heavy atom. The number of amides is 1. The van der Waals surface area contributed by atoms with Crippen LogP contribution in [0, 0.1) is 11.2 Å². The molecule has 0 radical (unpaired) electrons. The van der Waals surface area contributed by atoms with Gasteiger partial charge in [0.05, 0.1) is 11.5 Å². The third-order valence-corrected chi connectivity index (χ3v) is 7.20. The van der Waals surface area contributed by atoms with E-state index in [4.69, 9.17) is 0 Å². The van der Waals surface area contributed by atoms with Crippen molar-refractivity contribution in [2.24, 2.45) is 5.41 Å². The SMILES string of the molecule is CC1(C)C[C@]1(C(=O)N1CCC(N2CCC(O)CC2)CC1)c1ccccc1F. The van der Waals surface area contributed by atoms with E-state index >= 15 is 0 Å². The fraction of sp³-hybridized carbons (Fsp3) is 0.682. The molecule has 0 bridgehead atoms. The van der Waals surface area contributed by atoms with Gasteiger partial charge in [0.2, 0.25) is 5.91 Å². The number of aliphatic hydroxyl groups excluding tert-OH is 1. The highest BCUT2D eigenvalue weighted by atomic mass is 19.1. The van der Waals surface area contributed by atoms with Crippen LogP contribution in [0.1, 0.15) is 51.5 Å². The maximum absolute atomic E-state index is 14.5. The lowest BCUT2D eigenvalue weighted by atomic mass is 9.85. The first kappa shape index (κ1) is 18.9. The second kappa shape index (κ2) is 6.85. The molecule has 1 aromatic rings. The van der Waals surface area contributed by atoms with Crippen LogP contribution in [0.4, 0.5) is 4.39 Å². The van der Waals surface area contributed by atoms with Gasteiger partial charge in [-0.3, -0.25) is 4.79 Å². The van der Waals surface area contributed by atoms with Gasteiger partial charge in [-0.05, 0) is 43.6 Å². The Balaban J connectivity index is 1.45. The fourth-order valence-electron chi connectivity index (χ4n) is 5.32. The average Bonchev–Trinajstić information content (AvgIpc) is 3.25. The van der Waals surface area contributed by atoms with Crippen LogP contribution in [0.25, 0.3) is 0 Å². The second-order valence-electron chi connectivity index (χ2n) is 9.24. The number of aliphatic hydroxyl groups is 1. The van der Waals surface area contributed by atoms with Gasteiger partial charge in [0, 0.05) is 37.8 Å². The number of piperidine rings is 2. The molecule has 4 rings (SSSR count). The van der Waals surface area contributed by atoms with Crippen LogP contribution in [-0.2, 0) is 10.2 Å². The summed E-state index contributed by atoms with van der Waals surface area (Å²) >= 11 is 0. The summed E-state index contributed by atoms with van der Waals surface area (Å²) in [4.78, 5) is 17.9. The molecule has 3 aliphatic rings. The van der Waals surface area contributed by atoms with Gasteiger partial charge < -0.3 is 14.9 Å².